The van der Waals surface area contributed by atoms with Gasteiger partial charge in [-0.3, -0.25) is 0 Å². The number of fused-ring (bicyclic) bond motifs is 6. The minimum Gasteiger partial charge on any atom is -0.0753 e. The van der Waals surface area contributed by atoms with Gasteiger partial charge in [0, 0.05) is 5.92 Å². The first-order valence-electron chi connectivity index (χ1n) is 19.8. The number of allylic oxidation sites excluding steroid dienone is 7. The molecule has 0 N–H and O–H groups in total. The second-order valence-electron chi connectivity index (χ2n) is 15.4. The van der Waals surface area contributed by atoms with E-state index in [2.05, 4.69) is 200 Å². The van der Waals surface area contributed by atoms with Gasteiger partial charge in [0.05, 0.1) is 0 Å². The fourth-order valence-electron chi connectivity index (χ4n) is 10.1. The summed E-state index contributed by atoms with van der Waals surface area (Å²) in [5, 5.41) is 10.3. The summed E-state index contributed by atoms with van der Waals surface area (Å²) in [5.74, 6) is 0.194. The average Bonchev–Trinajstić information content (AvgIpc) is 3.27. The summed E-state index contributed by atoms with van der Waals surface area (Å²) < 4.78 is 0. The standard InChI is InChI=1S/C56H36/c1-3-13-39-35(11-1)23-29-49-41(39)19-9-21-47(49)43-15-5-7-17-45(43)51-31-25-37-28-34-54-52(32-26-38-27-33-53(51)55(37)56(38)54)46-18-8-6-16-44(46)48-22-10-20-42-40-14-4-2-12-36(40)24-30-50(42)48/h1-27,29-34,56H,28H2. The molecule has 3 aliphatic rings. The maximum absolute atomic E-state index is 2.51. The van der Waals surface area contributed by atoms with Crippen molar-refractivity contribution in [2.75, 3.05) is 0 Å². The molecule has 0 heteroatoms. The van der Waals surface area contributed by atoms with Gasteiger partial charge in [0.25, 0.3) is 0 Å². The van der Waals surface area contributed by atoms with Crippen molar-refractivity contribution in [3.05, 3.63) is 228 Å². The first-order chi connectivity index (χ1) is 27.8. The molecule has 0 amide bonds. The highest BCUT2D eigenvalue weighted by atomic mass is 14.4. The van der Waals surface area contributed by atoms with Gasteiger partial charge in [-0.2, -0.15) is 0 Å². The molecule has 0 aliphatic heterocycles. The van der Waals surface area contributed by atoms with E-state index in [1.807, 2.05) is 0 Å². The molecule has 1 unspecified atom stereocenters. The van der Waals surface area contributed by atoms with E-state index >= 15 is 0 Å². The largest absolute Gasteiger partial charge is 0.0753 e. The van der Waals surface area contributed by atoms with Crippen LogP contribution in [0.5, 0.6) is 0 Å². The predicted octanol–water partition coefficient (Wildman–Crippen LogP) is 14.9. The number of hydrogen-bond acceptors (Lipinski definition) is 0. The Morgan fingerprint density at radius 2 is 0.893 bits per heavy atom. The number of rotatable bonds is 4. The fraction of sp³-hybridized carbons (Fsp3) is 0.0357. The highest BCUT2D eigenvalue weighted by Crippen LogP contribution is 2.54. The smallest absolute Gasteiger partial charge is 0.0352 e. The number of hydrogen-bond donors (Lipinski definition) is 0. The van der Waals surface area contributed by atoms with Crippen LogP contribution in [-0.2, 0) is 6.42 Å². The van der Waals surface area contributed by atoms with Crippen LogP contribution in [0.25, 0.3) is 88.1 Å². The molecule has 0 spiro atoms. The summed E-state index contributed by atoms with van der Waals surface area (Å²) in [5.41, 5.74) is 17.3. The van der Waals surface area contributed by atoms with Crippen molar-refractivity contribution in [1.29, 1.82) is 0 Å². The van der Waals surface area contributed by atoms with Crippen molar-refractivity contribution in [2.24, 2.45) is 0 Å². The Kier molecular flexibility index (Phi) is 6.86. The molecule has 0 bridgehead atoms. The molecule has 0 nitrogen and oxygen atoms in total. The van der Waals surface area contributed by atoms with E-state index in [0.717, 1.165) is 6.42 Å². The minimum atomic E-state index is 0.194. The second-order valence-corrected chi connectivity index (χ2v) is 15.4. The fourth-order valence-corrected chi connectivity index (χ4v) is 10.1. The van der Waals surface area contributed by atoms with Gasteiger partial charge in [0.2, 0.25) is 0 Å². The predicted molar refractivity (Wildman–Crippen MR) is 239 cm³/mol. The first-order valence-corrected chi connectivity index (χ1v) is 19.8. The van der Waals surface area contributed by atoms with Crippen LogP contribution in [0.2, 0.25) is 0 Å². The maximum atomic E-state index is 2.51. The molecule has 9 aromatic carbocycles. The van der Waals surface area contributed by atoms with Crippen molar-refractivity contribution in [2.45, 2.75) is 12.3 Å². The van der Waals surface area contributed by atoms with Crippen LogP contribution in [0.3, 0.4) is 0 Å². The lowest BCUT2D eigenvalue weighted by Gasteiger charge is -2.37. The lowest BCUT2D eigenvalue weighted by molar-refractivity contribution is 0.899. The van der Waals surface area contributed by atoms with Gasteiger partial charge in [-0.05, 0) is 122 Å². The zero-order valence-electron chi connectivity index (χ0n) is 30.8. The van der Waals surface area contributed by atoms with E-state index in [9.17, 15) is 0 Å². The van der Waals surface area contributed by atoms with E-state index in [1.54, 1.807) is 0 Å². The SMILES string of the molecule is C1=Cc2c(-c3ccccc3-c3cccc4c3ccc3ccccc34)ccc3c2C2C1=CC=C(c1ccccc1-c1cccc4c1ccc1ccccc14)C2=CC3. The molecule has 0 saturated heterocycles. The van der Waals surface area contributed by atoms with Crippen molar-refractivity contribution in [3.63, 3.8) is 0 Å². The quantitative estimate of drug-likeness (QED) is 0.160. The van der Waals surface area contributed by atoms with Crippen molar-refractivity contribution < 1.29 is 0 Å². The monoisotopic (exact) mass is 708 g/mol. The van der Waals surface area contributed by atoms with E-state index in [0.29, 0.717) is 0 Å². The highest BCUT2D eigenvalue weighted by molar-refractivity contribution is 6.14. The van der Waals surface area contributed by atoms with E-state index < -0.39 is 0 Å². The Labute approximate surface area is 326 Å². The van der Waals surface area contributed by atoms with Crippen LogP contribution < -0.4 is 0 Å². The first kappa shape index (κ1) is 31.3. The van der Waals surface area contributed by atoms with Gasteiger partial charge < -0.3 is 0 Å². The van der Waals surface area contributed by atoms with Crippen LogP contribution >= 0.6 is 0 Å². The topological polar surface area (TPSA) is 0 Å². The van der Waals surface area contributed by atoms with Gasteiger partial charge in [0.15, 0.2) is 0 Å². The molecule has 1 atom stereocenters. The summed E-state index contributed by atoms with van der Waals surface area (Å²) in [6, 6.07) is 63.0. The van der Waals surface area contributed by atoms with Crippen molar-refractivity contribution >= 4 is 54.7 Å². The van der Waals surface area contributed by atoms with Gasteiger partial charge >= 0.3 is 0 Å². The third kappa shape index (κ3) is 4.60. The van der Waals surface area contributed by atoms with Crippen LogP contribution in [0.15, 0.2) is 205 Å². The molecule has 0 aromatic heterocycles. The molecule has 0 fully saturated rings. The average molecular weight is 709 g/mol. The summed E-state index contributed by atoms with van der Waals surface area (Å²) >= 11 is 0. The van der Waals surface area contributed by atoms with Crippen LogP contribution in [0.4, 0.5) is 0 Å². The lowest BCUT2D eigenvalue weighted by Crippen LogP contribution is -2.20. The molecule has 9 aromatic rings. The molecule has 56 heavy (non-hydrogen) atoms. The molecule has 260 valence electrons. The Bertz CT molecular complexity index is 3270. The Morgan fingerprint density at radius 1 is 0.357 bits per heavy atom. The molecule has 0 heterocycles. The Balaban J connectivity index is 0.996. The van der Waals surface area contributed by atoms with Gasteiger partial charge in [-0.15, -0.1) is 0 Å². The number of benzene rings is 9. The highest BCUT2D eigenvalue weighted by Gasteiger charge is 2.35. The van der Waals surface area contributed by atoms with Crippen LogP contribution in [0, 0.1) is 0 Å². The lowest BCUT2D eigenvalue weighted by atomic mass is 9.66. The summed E-state index contributed by atoms with van der Waals surface area (Å²) in [4.78, 5) is 0. The molecular weight excluding hydrogens is 673 g/mol. The molecule has 0 saturated carbocycles. The van der Waals surface area contributed by atoms with Crippen molar-refractivity contribution in [3.8, 4) is 33.4 Å². The van der Waals surface area contributed by atoms with Gasteiger partial charge in [-0.25, -0.2) is 0 Å². The summed E-state index contributed by atoms with van der Waals surface area (Å²) in [7, 11) is 0. The zero-order valence-corrected chi connectivity index (χ0v) is 30.8. The summed E-state index contributed by atoms with van der Waals surface area (Å²) in [6.07, 6.45) is 13.0. The third-order valence-corrected chi connectivity index (χ3v) is 12.6. The second kappa shape index (κ2) is 12.2. The Morgan fingerprint density at radius 3 is 1.55 bits per heavy atom. The van der Waals surface area contributed by atoms with Gasteiger partial charge in [-0.1, -0.05) is 200 Å². The van der Waals surface area contributed by atoms with Crippen molar-refractivity contribution in [1.82, 2.24) is 0 Å². The Hall–Kier alpha value is -7.02. The van der Waals surface area contributed by atoms with E-state index in [4.69, 9.17) is 0 Å². The van der Waals surface area contributed by atoms with E-state index in [-0.39, 0.29) is 5.92 Å². The molecule has 12 rings (SSSR count). The van der Waals surface area contributed by atoms with E-state index in [1.165, 1.54) is 115 Å². The molecular formula is C56H36. The van der Waals surface area contributed by atoms with Gasteiger partial charge in [0.1, 0.15) is 0 Å². The minimum absolute atomic E-state index is 0.194. The normalized spacial score (nSPS) is 15.5. The van der Waals surface area contributed by atoms with Crippen LogP contribution in [-0.4, -0.2) is 0 Å². The third-order valence-electron chi connectivity index (χ3n) is 12.6. The van der Waals surface area contributed by atoms with Crippen LogP contribution in [0.1, 0.15) is 28.2 Å². The zero-order chi connectivity index (χ0) is 36.7. The molecule has 3 aliphatic carbocycles. The molecule has 0 radical (unpaired) electrons. The summed E-state index contributed by atoms with van der Waals surface area (Å²) in [6.45, 7) is 0. The maximum Gasteiger partial charge on any atom is 0.0352 e.